The van der Waals surface area contributed by atoms with E-state index >= 15 is 0 Å². The SMILES string of the molecule is CCCN(CC(=O)O)Cc1cccc(OCC2CCCCC2)c1. The maximum Gasteiger partial charge on any atom is 0.317 e. The zero-order valence-electron chi connectivity index (χ0n) is 14.2. The van der Waals surface area contributed by atoms with E-state index in [2.05, 4.69) is 6.92 Å². The highest BCUT2D eigenvalue weighted by atomic mass is 16.5. The van der Waals surface area contributed by atoms with Gasteiger partial charge in [-0.15, -0.1) is 0 Å². The second-order valence-electron chi connectivity index (χ2n) is 6.57. The summed E-state index contributed by atoms with van der Waals surface area (Å²) in [6, 6.07) is 8.08. The summed E-state index contributed by atoms with van der Waals surface area (Å²) < 4.78 is 5.97. The van der Waals surface area contributed by atoms with E-state index in [4.69, 9.17) is 9.84 Å². The number of ether oxygens (including phenoxy) is 1. The number of nitrogens with zero attached hydrogens (tertiary/aromatic N) is 1. The largest absolute Gasteiger partial charge is 0.493 e. The van der Waals surface area contributed by atoms with Gasteiger partial charge in [-0.2, -0.15) is 0 Å². The fourth-order valence-corrected chi connectivity index (χ4v) is 3.28. The summed E-state index contributed by atoms with van der Waals surface area (Å²) in [5.41, 5.74) is 1.11. The highest BCUT2D eigenvalue weighted by Gasteiger charge is 2.14. The average Bonchev–Trinajstić information content (AvgIpc) is 2.54. The van der Waals surface area contributed by atoms with E-state index < -0.39 is 5.97 Å². The minimum absolute atomic E-state index is 0.0843. The first-order valence-corrected chi connectivity index (χ1v) is 8.83. The van der Waals surface area contributed by atoms with Crippen LogP contribution in [0.1, 0.15) is 51.0 Å². The molecule has 0 unspecified atom stereocenters. The third kappa shape index (κ3) is 6.61. The Morgan fingerprint density at radius 2 is 2.09 bits per heavy atom. The summed E-state index contributed by atoms with van der Waals surface area (Å²) in [6.07, 6.45) is 7.53. The van der Waals surface area contributed by atoms with Gasteiger partial charge in [-0.1, -0.05) is 38.3 Å². The fraction of sp³-hybridized carbons (Fsp3) is 0.632. The molecular formula is C19H29NO3. The van der Waals surface area contributed by atoms with Gasteiger partial charge >= 0.3 is 5.97 Å². The number of aliphatic carboxylic acids is 1. The molecule has 0 heterocycles. The molecule has 23 heavy (non-hydrogen) atoms. The van der Waals surface area contributed by atoms with Gasteiger partial charge in [-0.25, -0.2) is 0 Å². The van der Waals surface area contributed by atoms with Crippen LogP contribution >= 0.6 is 0 Å². The molecule has 1 aromatic rings. The van der Waals surface area contributed by atoms with E-state index in [9.17, 15) is 4.79 Å². The van der Waals surface area contributed by atoms with Crippen LogP contribution in [0, 0.1) is 5.92 Å². The third-order valence-corrected chi connectivity index (χ3v) is 4.41. The number of hydrogen-bond donors (Lipinski definition) is 1. The maximum atomic E-state index is 11.0. The summed E-state index contributed by atoms with van der Waals surface area (Å²) in [6.45, 7) is 4.40. The Kier molecular flexibility index (Phi) is 7.40. The topological polar surface area (TPSA) is 49.8 Å². The average molecular weight is 319 g/mol. The molecule has 1 aliphatic carbocycles. The standard InChI is InChI=1S/C19H29NO3/c1-2-11-20(14-19(21)22)13-17-9-6-10-18(12-17)23-15-16-7-4-3-5-8-16/h6,9-10,12,16H,2-5,7-8,11,13-15H2,1H3,(H,21,22). The highest BCUT2D eigenvalue weighted by Crippen LogP contribution is 2.25. The quantitative estimate of drug-likeness (QED) is 0.749. The number of hydrogen-bond acceptors (Lipinski definition) is 3. The van der Waals surface area contributed by atoms with Crippen molar-refractivity contribution in [1.82, 2.24) is 4.90 Å². The molecule has 1 fully saturated rings. The molecule has 1 saturated carbocycles. The van der Waals surface area contributed by atoms with Crippen LogP contribution in [0.4, 0.5) is 0 Å². The second kappa shape index (κ2) is 9.56. The lowest BCUT2D eigenvalue weighted by molar-refractivity contribution is -0.138. The Labute approximate surface area is 139 Å². The lowest BCUT2D eigenvalue weighted by Crippen LogP contribution is -2.30. The number of benzene rings is 1. The summed E-state index contributed by atoms with van der Waals surface area (Å²) in [5.74, 6) is 0.819. The lowest BCUT2D eigenvalue weighted by Gasteiger charge is -2.22. The zero-order chi connectivity index (χ0) is 16.5. The van der Waals surface area contributed by atoms with Crippen LogP contribution in [0.2, 0.25) is 0 Å². The van der Waals surface area contributed by atoms with Crippen molar-refractivity contribution in [2.75, 3.05) is 19.7 Å². The Balaban J connectivity index is 1.88. The molecule has 4 heteroatoms. The summed E-state index contributed by atoms with van der Waals surface area (Å²) in [5, 5.41) is 9.01. The molecule has 0 saturated heterocycles. The van der Waals surface area contributed by atoms with Crippen LogP contribution in [-0.4, -0.2) is 35.7 Å². The molecule has 4 nitrogen and oxygen atoms in total. The van der Waals surface area contributed by atoms with Gasteiger partial charge in [0.2, 0.25) is 0 Å². The van der Waals surface area contributed by atoms with E-state index in [1.165, 1.54) is 32.1 Å². The molecule has 0 amide bonds. The molecule has 0 radical (unpaired) electrons. The first-order valence-electron chi connectivity index (χ1n) is 8.83. The molecule has 0 atom stereocenters. The molecule has 0 spiro atoms. The van der Waals surface area contributed by atoms with E-state index in [-0.39, 0.29) is 6.54 Å². The van der Waals surface area contributed by atoms with Gasteiger partial charge in [0.25, 0.3) is 0 Å². The lowest BCUT2D eigenvalue weighted by atomic mass is 9.90. The molecule has 2 rings (SSSR count). The van der Waals surface area contributed by atoms with Gasteiger partial charge in [0, 0.05) is 6.54 Å². The van der Waals surface area contributed by atoms with Gasteiger partial charge < -0.3 is 9.84 Å². The van der Waals surface area contributed by atoms with E-state index in [0.29, 0.717) is 12.5 Å². The Morgan fingerprint density at radius 1 is 1.30 bits per heavy atom. The molecule has 0 aromatic heterocycles. The van der Waals surface area contributed by atoms with E-state index in [0.717, 1.165) is 30.9 Å². The predicted molar refractivity (Wildman–Crippen MR) is 91.7 cm³/mol. The number of carboxylic acids is 1. The Bertz CT molecular complexity index is 483. The van der Waals surface area contributed by atoms with Crippen molar-refractivity contribution < 1.29 is 14.6 Å². The van der Waals surface area contributed by atoms with Crippen LogP contribution in [0.25, 0.3) is 0 Å². The molecule has 1 aromatic carbocycles. The summed E-state index contributed by atoms with van der Waals surface area (Å²) in [7, 11) is 0. The Hall–Kier alpha value is -1.55. The maximum absolute atomic E-state index is 11.0. The molecule has 0 aliphatic heterocycles. The van der Waals surface area contributed by atoms with Crippen LogP contribution < -0.4 is 4.74 Å². The van der Waals surface area contributed by atoms with Crippen molar-refractivity contribution >= 4 is 5.97 Å². The van der Waals surface area contributed by atoms with Crippen molar-refractivity contribution in [3.8, 4) is 5.75 Å². The number of rotatable bonds is 9. The summed E-state index contributed by atoms with van der Waals surface area (Å²) >= 11 is 0. The van der Waals surface area contributed by atoms with Crippen LogP contribution in [0.15, 0.2) is 24.3 Å². The first kappa shape index (κ1) is 17.8. The molecule has 1 aliphatic rings. The van der Waals surface area contributed by atoms with Gasteiger partial charge in [-0.05, 0) is 49.4 Å². The van der Waals surface area contributed by atoms with Crippen molar-refractivity contribution in [1.29, 1.82) is 0 Å². The Morgan fingerprint density at radius 3 is 2.78 bits per heavy atom. The molecule has 0 bridgehead atoms. The molecular weight excluding hydrogens is 290 g/mol. The van der Waals surface area contributed by atoms with Crippen LogP contribution in [0.5, 0.6) is 5.75 Å². The predicted octanol–water partition coefficient (Wildman–Crippen LogP) is 3.94. The van der Waals surface area contributed by atoms with Crippen LogP contribution in [0.3, 0.4) is 0 Å². The smallest absolute Gasteiger partial charge is 0.317 e. The van der Waals surface area contributed by atoms with Gasteiger partial charge in [-0.3, -0.25) is 9.69 Å². The molecule has 128 valence electrons. The second-order valence-corrected chi connectivity index (χ2v) is 6.57. The number of carbonyl (C=O) groups is 1. The van der Waals surface area contributed by atoms with Crippen molar-refractivity contribution in [2.45, 2.75) is 52.0 Å². The van der Waals surface area contributed by atoms with Gasteiger partial charge in [0.1, 0.15) is 5.75 Å². The van der Waals surface area contributed by atoms with Crippen molar-refractivity contribution in [2.24, 2.45) is 5.92 Å². The van der Waals surface area contributed by atoms with Crippen molar-refractivity contribution in [3.63, 3.8) is 0 Å². The van der Waals surface area contributed by atoms with E-state index in [1.807, 2.05) is 29.2 Å². The van der Waals surface area contributed by atoms with Gasteiger partial charge in [0.15, 0.2) is 0 Å². The first-order chi connectivity index (χ1) is 11.2. The minimum Gasteiger partial charge on any atom is -0.493 e. The molecule has 1 N–H and O–H groups in total. The normalized spacial score (nSPS) is 15.7. The highest BCUT2D eigenvalue weighted by molar-refractivity contribution is 5.69. The minimum atomic E-state index is -0.775. The van der Waals surface area contributed by atoms with Gasteiger partial charge in [0.05, 0.1) is 13.2 Å². The zero-order valence-corrected chi connectivity index (χ0v) is 14.2. The van der Waals surface area contributed by atoms with Crippen LogP contribution in [-0.2, 0) is 11.3 Å². The van der Waals surface area contributed by atoms with Crippen molar-refractivity contribution in [3.05, 3.63) is 29.8 Å². The number of carboxylic acid groups (broad SMARTS) is 1. The fourth-order valence-electron chi connectivity index (χ4n) is 3.28. The van der Waals surface area contributed by atoms with E-state index in [1.54, 1.807) is 0 Å². The third-order valence-electron chi connectivity index (χ3n) is 4.41. The summed E-state index contributed by atoms with van der Waals surface area (Å²) in [4.78, 5) is 12.9. The monoisotopic (exact) mass is 319 g/mol.